The predicted octanol–water partition coefficient (Wildman–Crippen LogP) is 2.12. The van der Waals surface area contributed by atoms with Gasteiger partial charge in [0.15, 0.2) is 0 Å². The molecule has 3 amide bonds. The highest BCUT2D eigenvalue weighted by Gasteiger charge is 2.36. The fourth-order valence-corrected chi connectivity index (χ4v) is 3.03. The Morgan fingerprint density at radius 1 is 1.33 bits per heavy atom. The normalized spacial score (nSPS) is 16.8. The van der Waals surface area contributed by atoms with Crippen molar-refractivity contribution in [3.63, 3.8) is 0 Å². The quantitative estimate of drug-likeness (QED) is 0.709. The average Bonchev–Trinajstić information content (AvgIpc) is 2.59. The molecular formula is C20H30N4O3. The third kappa shape index (κ3) is 4.86. The van der Waals surface area contributed by atoms with Crippen molar-refractivity contribution in [3.05, 3.63) is 23.8 Å². The molecule has 1 aliphatic heterocycles. The lowest BCUT2D eigenvalue weighted by Crippen LogP contribution is -2.51. The maximum atomic E-state index is 12.6. The Morgan fingerprint density at radius 2 is 2.00 bits per heavy atom. The summed E-state index contributed by atoms with van der Waals surface area (Å²) in [5.74, 6) is -0.403. The summed E-state index contributed by atoms with van der Waals surface area (Å²) in [6.07, 6.45) is 0.571. The van der Waals surface area contributed by atoms with Gasteiger partial charge in [-0.1, -0.05) is 27.7 Å². The van der Waals surface area contributed by atoms with Crippen LogP contribution in [0.15, 0.2) is 18.2 Å². The molecule has 0 radical (unpaired) electrons. The van der Waals surface area contributed by atoms with E-state index < -0.39 is 6.04 Å². The summed E-state index contributed by atoms with van der Waals surface area (Å²) < 4.78 is 0. The second kappa shape index (κ2) is 8.08. The molecule has 2 rings (SSSR count). The first-order chi connectivity index (χ1) is 12.6. The molecule has 1 heterocycles. The van der Waals surface area contributed by atoms with E-state index in [1.54, 1.807) is 18.2 Å². The van der Waals surface area contributed by atoms with Gasteiger partial charge in [0.1, 0.15) is 6.04 Å². The standard InChI is InChI=1S/C20H30N4O3/c1-12(2)8-17-19(27)23-15-9-14(6-7-16(15)24(17)13(3)25)18(26)22-11-20(4,5)10-21/h6-7,9,12,17H,8,10-11,21H2,1-5H3,(H,22,26)(H,23,27). The van der Waals surface area contributed by atoms with Gasteiger partial charge in [-0.3, -0.25) is 19.3 Å². The summed E-state index contributed by atoms with van der Waals surface area (Å²) >= 11 is 0. The van der Waals surface area contributed by atoms with E-state index in [-0.39, 0.29) is 29.1 Å². The SMILES string of the molecule is CC(=O)N1c2ccc(C(=O)NCC(C)(C)CN)cc2NC(=O)C1CC(C)C. The van der Waals surface area contributed by atoms with Crippen LogP contribution in [0.2, 0.25) is 0 Å². The zero-order valence-corrected chi connectivity index (χ0v) is 16.8. The van der Waals surface area contributed by atoms with Crippen LogP contribution >= 0.6 is 0 Å². The topological polar surface area (TPSA) is 105 Å². The average molecular weight is 374 g/mol. The van der Waals surface area contributed by atoms with Gasteiger partial charge in [0.05, 0.1) is 11.4 Å². The second-order valence-corrected chi connectivity index (χ2v) is 8.31. The van der Waals surface area contributed by atoms with Crippen LogP contribution in [0.4, 0.5) is 11.4 Å². The predicted molar refractivity (Wildman–Crippen MR) is 107 cm³/mol. The molecule has 1 aromatic rings. The van der Waals surface area contributed by atoms with Crippen molar-refractivity contribution in [2.75, 3.05) is 23.3 Å². The Morgan fingerprint density at radius 3 is 2.56 bits per heavy atom. The van der Waals surface area contributed by atoms with E-state index in [4.69, 9.17) is 5.73 Å². The van der Waals surface area contributed by atoms with E-state index in [1.807, 2.05) is 27.7 Å². The first kappa shape index (κ1) is 20.9. The maximum Gasteiger partial charge on any atom is 0.251 e. The molecule has 1 aromatic carbocycles. The van der Waals surface area contributed by atoms with Gasteiger partial charge in [-0.15, -0.1) is 0 Å². The Balaban J connectivity index is 2.28. The Hall–Kier alpha value is -2.41. The molecule has 0 bridgehead atoms. The Kier molecular flexibility index (Phi) is 6.26. The van der Waals surface area contributed by atoms with E-state index in [0.717, 1.165) is 0 Å². The molecule has 0 saturated carbocycles. The first-order valence-electron chi connectivity index (χ1n) is 9.28. The Labute approximate surface area is 160 Å². The molecule has 148 valence electrons. The number of anilines is 2. The second-order valence-electron chi connectivity index (χ2n) is 8.31. The molecule has 1 aliphatic rings. The van der Waals surface area contributed by atoms with Crippen molar-refractivity contribution in [1.29, 1.82) is 0 Å². The van der Waals surface area contributed by atoms with Crippen molar-refractivity contribution < 1.29 is 14.4 Å². The highest BCUT2D eigenvalue weighted by atomic mass is 16.2. The molecule has 1 atom stereocenters. The van der Waals surface area contributed by atoms with E-state index >= 15 is 0 Å². The summed E-state index contributed by atoms with van der Waals surface area (Å²) in [6, 6.07) is 4.45. The van der Waals surface area contributed by atoms with Crippen LogP contribution in [0.5, 0.6) is 0 Å². The van der Waals surface area contributed by atoms with E-state index in [2.05, 4.69) is 10.6 Å². The summed E-state index contributed by atoms with van der Waals surface area (Å²) in [5.41, 5.74) is 7.01. The molecular weight excluding hydrogens is 344 g/mol. The van der Waals surface area contributed by atoms with Gasteiger partial charge in [0.2, 0.25) is 11.8 Å². The molecule has 0 aliphatic carbocycles. The van der Waals surface area contributed by atoms with Crippen LogP contribution in [-0.4, -0.2) is 36.9 Å². The van der Waals surface area contributed by atoms with Gasteiger partial charge < -0.3 is 16.4 Å². The molecule has 7 heteroatoms. The number of nitrogens with two attached hydrogens (primary N) is 1. The highest BCUT2D eigenvalue weighted by Crippen LogP contribution is 2.35. The van der Waals surface area contributed by atoms with Crippen molar-refractivity contribution in [3.8, 4) is 0 Å². The lowest BCUT2D eigenvalue weighted by Gasteiger charge is -2.36. The summed E-state index contributed by atoms with van der Waals surface area (Å²) in [6.45, 7) is 10.3. The van der Waals surface area contributed by atoms with Crippen LogP contribution in [0, 0.1) is 11.3 Å². The van der Waals surface area contributed by atoms with Crippen molar-refractivity contribution in [2.45, 2.75) is 47.1 Å². The van der Waals surface area contributed by atoms with Crippen molar-refractivity contribution in [2.24, 2.45) is 17.1 Å². The number of amides is 3. The lowest BCUT2D eigenvalue weighted by molar-refractivity contribution is -0.123. The number of hydrogen-bond donors (Lipinski definition) is 3. The molecule has 0 saturated heterocycles. The Bertz CT molecular complexity index is 743. The third-order valence-electron chi connectivity index (χ3n) is 4.70. The lowest BCUT2D eigenvalue weighted by atomic mass is 9.94. The van der Waals surface area contributed by atoms with E-state index in [1.165, 1.54) is 11.8 Å². The van der Waals surface area contributed by atoms with Gasteiger partial charge in [-0.25, -0.2) is 0 Å². The number of carbonyl (C=O) groups is 3. The minimum absolute atomic E-state index is 0.196. The summed E-state index contributed by atoms with van der Waals surface area (Å²) in [5, 5.41) is 5.71. The van der Waals surface area contributed by atoms with Crippen LogP contribution < -0.4 is 21.3 Å². The number of benzene rings is 1. The zero-order valence-electron chi connectivity index (χ0n) is 16.8. The zero-order chi connectivity index (χ0) is 20.4. The maximum absolute atomic E-state index is 12.6. The fourth-order valence-electron chi connectivity index (χ4n) is 3.03. The minimum atomic E-state index is -0.542. The van der Waals surface area contributed by atoms with E-state index in [0.29, 0.717) is 36.4 Å². The van der Waals surface area contributed by atoms with Gasteiger partial charge in [0.25, 0.3) is 5.91 Å². The molecule has 7 nitrogen and oxygen atoms in total. The van der Waals surface area contributed by atoms with Crippen LogP contribution in [0.25, 0.3) is 0 Å². The first-order valence-corrected chi connectivity index (χ1v) is 9.28. The van der Waals surface area contributed by atoms with Gasteiger partial charge >= 0.3 is 0 Å². The van der Waals surface area contributed by atoms with E-state index in [9.17, 15) is 14.4 Å². The smallest absolute Gasteiger partial charge is 0.251 e. The fraction of sp³-hybridized carbons (Fsp3) is 0.550. The number of rotatable bonds is 6. The van der Waals surface area contributed by atoms with Crippen molar-refractivity contribution in [1.82, 2.24) is 5.32 Å². The number of fused-ring (bicyclic) bond motifs is 1. The number of nitrogens with one attached hydrogen (secondary N) is 2. The molecule has 1 unspecified atom stereocenters. The van der Waals surface area contributed by atoms with Crippen LogP contribution in [0.3, 0.4) is 0 Å². The molecule has 4 N–H and O–H groups in total. The van der Waals surface area contributed by atoms with Crippen molar-refractivity contribution >= 4 is 29.1 Å². The summed E-state index contributed by atoms with van der Waals surface area (Å²) in [4.78, 5) is 38.8. The summed E-state index contributed by atoms with van der Waals surface area (Å²) in [7, 11) is 0. The van der Waals surface area contributed by atoms with Crippen LogP contribution in [0.1, 0.15) is 51.4 Å². The highest BCUT2D eigenvalue weighted by molar-refractivity contribution is 6.12. The molecule has 27 heavy (non-hydrogen) atoms. The monoisotopic (exact) mass is 374 g/mol. The third-order valence-corrected chi connectivity index (χ3v) is 4.70. The molecule has 0 spiro atoms. The van der Waals surface area contributed by atoms with Gasteiger partial charge in [-0.2, -0.15) is 0 Å². The largest absolute Gasteiger partial charge is 0.351 e. The van der Waals surface area contributed by atoms with Gasteiger partial charge in [0, 0.05) is 19.0 Å². The molecule has 0 fully saturated rings. The van der Waals surface area contributed by atoms with Gasteiger partial charge in [-0.05, 0) is 42.5 Å². The number of carbonyl (C=O) groups excluding carboxylic acids is 3. The minimum Gasteiger partial charge on any atom is -0.351 e. The molecule has 0 aromatic heterocycles. The number of hydrogen-bond acceptors (Lipinski definition) is 4. The number of nitrogens with zero attached hydrogens (tertiary/aromatic N) is 1. The van der Waals surface area contributed by atoms with Crippen LogP contribution in [-0.2, 0) is 9.59 Å².